The molecule has 2 saturated carbocycles. The van der Waals surface area contributed by atoms with Crippen molar-refractivity contribution in [3.8, 4) is 23.0 Å². The highest BCUT2D eigenvalue weighted by atomic mass is 16.5. The van der Waals surface area contributed by atoms with Crippen molar-refractivity contribution in [2.24, 2.45) is 0 Å². The molecule has 5 rings (SSSR count). The number of hydrogen-bond acceptors (Lipinski definition) is 4. The first-order valence-electron chi connectivity index (χ1n) is 15.0. The summed E-state index contributed by atoms with van der Waals surface area (Å²) in [5.74, 6) is 2.02. The molecule has 4 heteroatoms. The second-order valence-electron chi connectivity index (χ2n) is 11.8. The normalized spacial score (nSPS) is 17.0. The van der Waals surface area contributed by atoms with Crippen LogP contribution in [-0.4, -0.2) is 21.9 Å². The first kappa shape index (κ1) is 27.4. The van der Waals surface area contributed by atoms with Crippen molar-refractivity contribution >= 4 is 0 Å². The van der Waals surface area contributed by atoms with E-state index in [0.717, 1.165) is 64.6 Å². The van der Waals surface area contributed by atoms with Crippen LogP contribution in [0.5, 0.6) is 23.0 Å². The molecular formula is C35H44O4. The summed E-state index contributed by atoms with van der Waals surface area (Å²) < 4.78 is 5.81. The Morgan fingerprint density at radius 2 is 1.15 bits per heavy atom. The zero-order chi connectivity index (χ0) is 27.5. The van der Waals surface area contributed by atoms with Gasteiger partial charge in [-0.3, -0.25) is 0 Å². The van der Waals surface area contributed by atoms with Gasteiger partial charge in [0.05, 0.1) is 6.61 Å². The van der Waals surface area contributed by atoms with Crippen LogP contribution in [0.3, 0.4) is 0 Å². The first-order valence-corrected chi connectivity index (χ1v) is 15.0. The van der Waals surface area contributed by atoms with Crippen LogP contribution >= 0.6 is 0 Å². The lowest BCUT2D eigenvalue weighted by Gasteiger charge is -2.29. The van der Waals surface area contributed by atoms with Gasteiger partial charge in [0.15, 0.2) is 11.5 Å². The van der Waals surface area contributed by atoms with Gasteiger partial charge in [0.25, 0.3) is 0 Å². The summed E-state index contributed by atoms with van der Waals surface area (Å²) in [7, 11) is 0. The van der Waals surface area contributed by atoms with Crippen molar-refractivity contribution in [3.63, 3.8) is 0 Å². The zero-order valence-electron chi connectivity index (χ0n) is 23.8. The van der Waals surface area contributed by atoms with E-state index >= 15 is 0 Å². The molecule has 3 aromatic rings. The van der Waals surface area contributed by atoms with E-state index in [2.05, 4.69) is 26.0 Å². The molecule has 2 fully saturated rings. The summed E-state index contributed by atoms with van der Waals surface area (Å²) in [6.07, 6.45) is 11.8. The fourth-order valence-electron chi connectivity index (χ4n) is 7.07. The second kappa shape index (κ2) is 11.9. The number of rotatable bonds is 7. The van der Waals surface area contributed by atoms with Crippen LogP contribution in [0.1, 0.15) is 128 Å². The Hall–Kier alpha value is -3.14. The lowest BCUT2D eigenvalue weighted by Crippen LogP contribution is -2.12. The molecule has 2 aliphatic rings. The smallest absolute Gasteiger partial charge is 0.161 e. The monoisotopic (exact) mass is 528 g/mol. The summed E-state index contributed by atoms with van der Waals surface area (Å²) >= 11 is 0. The molecule has 2 aliphatic carbocycles. The van der Waals surface area contributed by atoms with Crippen molar-refractivity contribution in [2.75, 3.05) is 6.61 Å². The van der Waals surface area contributed by atoms with Crippen LogP contribution in [0.4, 0.5) is 0 Å². The number of aryl methyl sites for hydroxylation is 2. The highest BCUT2D eigenvalue weighted by molar-refractivity contribution is 5.57. The number of aromatic hydroxyl groups is 3. The number of hydrogen-bond donors (Lipinski definition) is 3. The van der Waals surface area contributed by atoms with Gasteiger partial charge in [0, 0.05) is 5.92 Å². The van der Waals surface area contributed by atoms with Crippen LogP contribution in [0.2, 0.25) is 0 Å². The highest BCUT2D eigenvalue weighted by Crippen LogP contribution is 2.46. The third-order valence-corrected chi connectivity index (χ3v) is 9.16. The zero-order valence-corrected chi connectivity index (χ0v) is 23.8. The van der Waals surface area contributed by atoms with Crippen LogP contribution < -0.4 is 4.74 Å². The molecule has 0 spiro atoms. The van der Waals surface area contributed by atoms with Gasteiger partial charge in [-0.25, -0.2) is 0 Å². The average molecular weight is 529 g/mol. The fraction of sp³-hybridized carbons (Fsp3) is 0.486. The van der Waals surface area contributed by atoms with E-state index in [-0.39, 0.29) is 11.7 Å². The van der Waals surface area contributed by atoms with Crippen LogP contribution in [0.15, 0.2) is 42.5 Å². The Morgan fingerprint density at radius 3 is 1.62 bits per heavy atom. The molecule has 3 aromatic carbocycles. The minimum Gasteiger partial charge on any atom is -0.508 e. The van der Waals surface area contributed by atoms with E-state index in [4.69, 9.17) is 4.74 Å². The quantitative estimate of drug-likeness (QED) is 0.267. The lowest BCUT2D eigenvalue weighted by atomic mass is 9.76. The summed E-state index contributed by atoms with van der Waals surface area (Å²) in [5.41, 5.74) is 7.52. The van der Waals surface area contributed by atoms with E-state index in [1.54, 1.807) is 6.07 Å². The second-order valence-corrected chi connectivity index (χ2v) is 11.8. The van der Waals surface area contributed by atoms with Crippen LogP contribution in [0.25, 0.3) is 0 Å². The number of benzene rings is 3. The summed E-state index contributed by atoms with van der Waals surface area (Å²) in [6, 6.07) is 14.0. The van der Waals surface area contributed by atoms with Gasteiger partial charge in [0.1, 0.15) is 11.5 Å². The van der Waals surface area contributed by atoms with Crippen LogP contribution in [-0.2, 0) is 0 Å². The van der Waals surface area contributed by atoms with Gasteiger partial charge < -0.3 is 20.1 Å². The molecular weight excluding hydrogens is 484 g/mol. The summed E-state index contributed by atoms with van der Waals surface area (Å²) in [5, 5.41) is 32.6. The molecule has 0 amide bonds. The topological polar surface area (TPSA) is 69.9 Å². The van der Waals surface area contributed by atoms with Crippen molar-refractivity contribution in [1.82, 2.24) is 0 Å². The standard InChI is InChI=1S/C35H44O4/c1-4-39-34-19-26(15-16-31(34)36)35(27-20-29(32(37)17-22(27)2)24-11-7-5-8-12-24)28-21-30(33(38)18-23(28)3)25-13-9-6-10-14-25/h15-21,24-25,35-38H,4-14H2,1-3H3. The Labute approximate surface area is 233 Å². The molecule has 0 atom stereocenters. The molecule has 0 aliphatic heterocycles. The molecule has 3 N–H and O–H groups in total. The Bertz CT molecular complexity index is 1220. The number of phenols is 3. The first-order chi connectivity index (χ1) is 18.9. The van der Waals surface area contributed by atoms with Gasteiger partial charge in [-0.1, -0.05) is 56.7 Å². The molecule has 0 radical (unpaired) electrons. The minimum absolute atomic E-state index is 0.129. The third-order valence-electron chi connectivity index (χ3n) is 9.16. The molecule has 0 bridgehead atoms. The summed E-state index contributed by atoms with van der Waals surface area (Å²) in [6.45, 7) is 6.54. The molecule has 208 valence electrons. The largest absolute Gasteiger partial charge is 0.508 e. The van der Waals surface area contributed by atoms with Gasteiger partial charge in [-0.05, 0) is 121 Å². The van der Waals surface area contributed by atoms with Gasteiger partial charge in [-0.15, -0.1) is 0 Å². The predicted octanol–water partition coefficient (Wildman–Crippen LogP) is 9.09. The van der Waals surface area contributed by atoms with Gasteiger partial charge in [-0.2, -0.15) is 0 Å². The van der Waals surface area contributed by atoms with Crippen LogP contribution in [0, 0.1) is 13.8 Å². The maximum absolute atomic E-state index is 11.1. The van der Waals surface area contributed by atoms with E-state index in [0.29, 0.717) is 35.7 Å². The SMILES string of the molecule is CCOc1cc(C(c2cc(C3CCCCC3)c(O)cc2C)c2cc(C3CCCCC3)c(O)cc2C)ccc1O. The maximum atomic E-state index is 11.1. The molecule has 0 aromatic heterocycles. The van der Waals surface area contributed by atoms with Gasteiger partial charge in [0.2, 0.25) is 0 Å². The van der Waals surface area contributed by atoms with E-state index in [9.17, 15) is 15.3 Å². The van der Waals surface area contributed by atoms with E-state index in [1.165, 1.54) is 38.5 Å². The lowest BCUT2D eigenvalue weighted by molar-refractivity contribution is 0.317. The van der Waals surface area contributed by atoms with Gasteiger partial charge >= 0.3 is 0 Å². The Morgan fingerprint density at radius 1 is 0.667 bits per heavy atom. The molecule has 0 unspecified atom stereocenters. The third kappa shape index (κ3) is 5.76. The Kier molecular flexibility index (Phi) is 8.40. The van der Waals surface area contributed by atoms with E-state index < -0.39 is 0 Å². The van der Waals surface area contributed by atoms with Crippen molar-refractivity contribution in [3.05, 3.63) is 81.4 Å². The summed E-state index contributed by atoms with van der Waals surface area (Å²) in [4.78, 5) is 0. The minimum atomic E-state index is -0.129. The number of phenolic OH excluding ortho intramolecular Hbond substituents is 3. The number of ether oxygens (including phenoxy) is 1. The van der Waals surface area contributed by atoms with E-state index in [1.807, 2.05) is 31.2 Å². The maximum Gasteiger partial charge on any atom is 0.161 e. The average Bonchev–Trinajstić information content (AvgIpc) is 2.93. The fourth-order valence-corrected chi connectivity index (χ4v) is 7.07. The molecule has 0 saturated heterocycles. The van der Waals surface area contributed by atoms with Crippen molar-refractivity contribution in [2.45, 2.75) is 103 Å². The molecule has 0 heterocycles. The van der Waals surface area contributed by atoms with Crippen molar-refractivity contribution < 1.29 is 20.1 Å². The molecule has 39 heavy (non-hydrogen) atoms. The highest BCUT2D eigenvalue weighted by Gasteiger charge is 2.28. The Balaban J connectivity index is 1.70. The molecule has 4 nitrogen and oxygen atoms in total. The van der Waals surface area contributed by atoms with Crippen molar-refractivity contribution in [1.29, 1.82) is 0 Å². The predicted molar refractivity (Wildman–Crippen MR) is 158 cm³/mol.